The van der Waals surface area contributed by atoms with Gasteiger partial charge in [-0.2, -0.15) is 45.3 Å². The molecule has 2 aliphatic carbocycles. The van der Waals surface area contributed by atoms with E-state index in [-0.39, 0.29) is 49.8 Å². The number of nitrogens with one attached hydrogen (secondary N) is 2. The third-order valence-corrected chi connectivity index (χ3v) is 13.1. The molecule has 2 aliphatic rings. The number of benzene rings is 2. The van der Waals surface area contributed by atoms with Gasteiger partial charge in [-0.05, 0) is 68.0 Å². The summed E-state index contributed by atoms with van der Waals surface area (Å²) in [7, 11) is -1.48. The highest BCUT2D eigenvalue weighted by Gasteiger charge is 2.72. The Hall–Kier alpha value is -4.81. The van der Waals surface area contributed by atoms with Crippen molar-refractivity contribution < 1.29 is 52.9 Å². The number of hydrogen-bond donors (Lipinski definition) is 2. The van der Waals surface area contributed by atoms with Gasteiger partial charge in [0.05, 0.1) is 27.7 Å². The van der Waals surface area contributed by atoms with E-state index in [1.54, 1.807) is 20.1 Å². The number of hydrogen-bond acceptors (Lipinski definition) is 7. The molecule has 62 heavy (non-hydrogen) atoms. The molecule has 7 rings (SSSR count). The van der Waals surface area contributed by atoms with Crippen LogP contribution in [0.25, 0.3) is 22.0 Å². The molecule has 5 unspecified atom stereocenters. The first-order chi connectivity index (χ1) is 28.8. The molecule has 3 aromatic heterocycles. The minimum absolute atomic E-state index is 0.00517. The highest BCUT2D eigenvalue weighted by atomic mass is 35.5. The van der Waals surface area contributed by atoms with Gasteiger partial charge in [-0.3, -0.25) is 18.4 Å². The Balaban J connectivity index is 1.43. The van der Waals surface area contributed by atoms with E-state index in [0.717, 1.165) is 24.1 Å². The summed E-state index contributed by atoms with van der Waals surface area (Å²) < 4.78 is 161. The average molecular weight is 934 g/mol. The van der Waals surface area contributed by atoms with Crippen LogP contribution in [0.15, 0.2) is 42.5 Å². The molecule has 3 heterocycles. The van der Waals surface area contributed by atoms with Gasteiger partial charge in [0.25, 0.3) is 5.92 Å². The zero-order valence-electron chi connectivity index (χ0n) is 33.0. The number of carbonyl (C=O) groups is 1. The molecule has 330 valence electrons. The van der Waals surface area contributed by atoms with Gasteiger partial charge in [0.2, 0.25) is 5.91 Å². The maximum absolute atomic E-state index is 15.7. The van der Waals surface area contributed by atoms with Crippen molar-refractivity contribution in [2.45, 2.75) is 75.3 Å². The van der Waals surface area contributed by atoms with Crippen LogP contribution >= 0.6 is 23.5 Å². The predicted octanol–water partition coefficient (Wildman–Crippen LogP) is 9.56. The molecule has 5 atom stereocenters. The summed E-state index contributed by atoms with van der Waals surface area (Å²) in [5.74, 6) is -4.74. The van der Waals surface area contributed by atoms with Crippen molar-refractivity contribution >= 4 is 57.0 Å². The number of carbonyl (C=O) groups excluding carboxylic acids is 1. The van der Waals surface area contributed by atoms with Gasteiger partial charge >= 0.3 is 12.4 Å². The molecular formula is C40H34ClF10N7O2S2. The van der Waals surface area contributed by atoms with E-state index in [1.165, 1.54) is 37.4 Å². The molecule has 0 bridgehead atoms. The van der Waals surface area contributed by atoms with Crippen molar-refractivity contribution in [1.82, 2.24) is 29.9 Å². The lowest BCUT2D eigenvalue weighted by Crippen LogP contribution is -2.35. The van der Waals surface area contributed by atoms with Crippen LogP contribution in [0.1, 0.15) is 66.6 Å². The van der Waals surface area contributed by atoms with E-state index >= 15 is 8.78 Å². The molecule has 0 saturated heterocycles. The molecule has 9 nitrogen and oxygen atoms in total. The van der Waals surface area contributed by atoms with Crippen molar-refractivity contribution in [3.63, 3.8) is 0 Å². The van der Waals surface area contributed by atoms with Crippen LogP contribution in [-0.4, -0.2) is 58.1 Å². The van der Waals surface area contributed by atoms with Crippen molar-refractivity contribution in [3.05, 3.63) is 93.0 Å². The minimum atomic E-state index is -5.14. The Bertz CT molecular complexity index is 2680. The standard InChI is InChI=1S/C40H34ClF10N7O2S2/c1-18-28-30-34(40(49,50)51)54-57(35(30)39(47,48)31(18)28)16-27(59)53-26(14-19-12-20(42)15-21(43)13-19)32-23(7-6-22(52-32)10-11-37(2,3)62(5)60)24-8-9-25(41)29-33(24)58(17-38(44,45)46)55-36(29)56-61-4/h6-9,12-13,15,18,26,28,31H,14,16-17H2,1-5H3,(H,53,59)(H,55,56). The maximum atomic E-state index is 15.7. The fraction of sp³-hybridized carbons (Fsp3) is 0.400. The molecule has 5 aromatic rings. The van der Waals surface area contributed by atoms with Crippen molar-refractivity contribution in [2.24, 2.45) is 11.8 Å². The zero-order valence-corrected chi connectivity index (χ0v) is 35.4. The first-order valence-corrected chi connectivity index (χ1v) is 21.7. The molecule has 1 amide bonds. The monoisotopic (exact) mass is 933 g/mol. The molecule has 1 saturated carbocycles. The number of rotatable bonds is 11. The summed E-state index contributed by atoms with van der Waals surface area (Å²) in [5.41, 5.74) is -3.72. The third-order valence-electron chi connectivity index (χ3n) is 10.8. The third kappa shape index (κ3) is 8.61. The summed E-state index contributed by atoms with van der Waals surface area (Å²) in [4.78, 5) is 18.7. The van der Waals surface area contributed by atoms with E-state index in [0.29, 0.717) is 15.4 Å². The molecule has 0 radical (unpaired) electrons. The van der Waals surface area contributed by atoms with Crippen LogP contribution in [0, 0.1) is 35.3 Å². The summed E-state index contributed by atoms with van der Waals surface area (Å²) in [5, 5.41) is 10.2. The first-order valence-electron chi connectivity index (χ1n) is 18.6. The van der Waals surface area contributed by atoms with Crippen LogP contribution in [-0.2, 0) is 47.2 Å². The topological polar surface area (TPSA) is 107 Å². The first kappa shape index (κ1) is 45.2. The van der Waals surface area contributed by atoms with Crippen molar-refractivity contribution in [3.8, 4) is 23.0 Å². The van der Waals surface area contributed by atoms with Gasteiger partial charge in [-0.25, -0.2) is 13.8 Å². The Morgan fingerprint density at radius 2 is 1.68 bits per heavy atom. The van der Waals surface area contributed by atoms with E-state index in [9.17, 15) is 44.1 Å². The van der Waals surface area contributed by atoms with Crippen molar-refractivity contribution in [1.29, 1.82) is 0 Å². The number of halogens is 11. The summed E-state index contributed by atoms with van der Waals surface area (Å²) in [6, 6.07) is 6.39. The summed E-state index contributed by atoms with van der Waals surface area (Å²) in [6.07, 6.45) is -7.44. The van der Waals surface area contributed by atoms with Gasteiger partial charge in [-0.15, -0.1) is 0 Å². The Morgan fingerprint density at radius 3 is 2.29 bits per heavy atom. The largest absolute Gasteiger partial charge is 0.435 e. The van der Waals surface area contributed by atoms with Crippen molar-refractivity contribution in [2.75, 3.05) is 17.2 Å². The second-order valence-electron chi connectivity index (χ2n) is 15.5. The van der Waals surface area contributed by atoms with E-state index in [4.69, 9.17) is 11.6 Å². The number of nitrogens with zero attached hydrogens (tertiary/aromatic N) is 5. The minimum Gasteiger partial charge on any atom is -0.346 e. The van der Waals surface area contributed by atoms with Gasteiger partial charge in [0, 0.05) is 57.9 Å². The molecular weight excluding hydrogens is 900 g/mol. The molecule has 0 spiro atoms. The van der Waals surface area contributed by atoms with Gasteiger partial charge in [0.1, 0.15) is 40.9 Å². The van der Waals surface area contributed by atoms with Gasteiger partial charge in [0.15, 0.2) is 11.5 Å². The van der Waals surface area contributed by atoms with Crippen LogP contribution in [0.3, 0.4) is 0 Å². The summed E-state index contributed by atoms with van der Waals surface area (Å²) in [6.45, 7) is 1.80. The second kappa shape index (κ2) is 16.1. The Kier molecular flexibility index (Phi) is 11.7. The predicted molar refractivity (Wildman–Crippen MR) is 214 cm³/mol. The van der Waals surface area contributed by atoms with Gasteiger partial charge in [-0.1, -0.05) is 42.5 Å². The fourth-order valence-electron chi connectivity index (χ4n) is 7.92. The highest BCUT2D eigenvalue weighted by molar-refractivity contribution is 7.99. The Labute approximate surface area is 358 Å². The van der Waals surface area contributed by atoms with Crippen LogP contribution < -0.4 is 10.0 Å². The molecule has 22 heteroatoms. The number of amides is 1. The molecule has 1 fully saturated rings. The SMILES string of the molecule is CSNc1nn(CC(F)(F)F)c2c(-c3ccc(C#CC(C)(C)S(C)=O)nc3C(Cc3cc(F)cc(F)c3)NC(=O)Cn3nc(C(F)(F)F)c4c3C(F)(F)C3C(C)C43)ccc(Cl)c12. The summed E-state index contributed by atoms with van der Waals surface area (Å²) >= 11 is 7.58. The van der Waals surface area contributed by atoms with Crippen LogP contribution in [0.5, 0.6) is 0 Å². The Morgan fingerprint density at radius 1 is 1.02 bits per heavy atom. The molecule has 0 aliphatic heterocycles. The normalized spacial score (nSPS) is 19.1. The zero-order chi connectivity index (χ0) is 45.4. The lowest BCUT2D eigenvalue weighted by atomic mass is 9.93. The van der Waals surface area contributed by atoms with Crippen LogP contribution in [0.2, 0.25) is 5.02 Å². The van der Waals surface area contributed by atoms with Crippen LogP contribution in [0.4, 0.5) is 49.7 Å². The van der Waals surface area contributed by atoms with Gasteiger partial charge < -0.3 is 10.0 Å². The quantitative estimate of drug-likeness (QED) is 0.0773. The average Bonchev–Trinajstić information content (AvgIpc) is 3.37. The number of pyridine rings is 1. The second-order valence-corrected chi connectivity index (χ2v) is 18.4. The molecule has 2 N–H and O–H groups in total. The lowest BCUT2D eigenvalue weighted by molar-refractivity contribution is -0.143. The lowest BCUT2D eigenvalue weighted by Gasteiger charge is -2.23. The highest BCUT2D eigenvalue weighted by Crippen LogP contribution is 2.71. The number of fused-ring (bicyclic) bond motifs is 4. The smallest absolute Gasteiger partial charge is 0.346 e. The number of aromatic nitrogens is 5. The fourth-order valence-corrected chi connectivity index (χ4v) is 8.69. The molecule has 2 aromatic carbocycles. The number of anilines is 1. The van der Waals surface area contributed by atoms with E-state index < -0.39 is 112 Å². The number of alkyl halides is 8. The van der Waals surface area contributed by atoms with E-state index in [1.807, 2.05) is 0 Å². The maximum Gasteiger partial charge on any atom is 0.435 e. The van der Waals surface area contributed by atoms with E-state index in [2.05, 4.69) is 37.1 Å².